The van der Waals surface area contributed by atoms with Crippen LogP contribution in [-0.2, 0) is 6.42 Å². The highest BCUT2D eigenvalue weighted by molar-refractivity contribution is 14.0. The van der Waals surface area contributed by atoms with E-state index in [0.29, 0.717) is 18.2 Å². The average Bonchev–Trinajstić information content (AvgIpc) is 2.68. The lowest BCUT2D eigenvalue weighted by Crippen LogP contribution is -2.45. The Labute approximate surface area is 181 Å². The van der Waals surface area contributed by atoms with Crippen LogP contribution in [0.1, 0.15) is 61.9 Å². The number of amides is 1. The molecule has 1 saturated carbocycles. The highest BCUT2D eigenvalue weighted by Gasteiger charge is 2.20. The summed E-state index contributed by atoms with van der Waals surface area (Å²) < 4.78 is 0. The monoisotopic (exact) mass is 486 g/mol. The Hall–Kier alpha value is -1.31. The molecule has 0 aliphatic heterocycles. The number of nitrogens with one attached hydrogen (secondary N) is 3. The Morgan fingerprint density at radius 1 is 1.19 bits per heavy atom. The largest absolute Gasteiger partial charge is 0.357 e. The zero-order valence-corrected chi connectivity index (χ0v) is 19.2. The molecule has 152 valence electrons. The van der Waals surface area contributed by atoms with Gasteiger partial charge in [0.25, 0.3) is 5.91 Å². The molecule has 1 fully saturated rings. The van der Waals surface area contributed by atoms with Crippen LogP contribution < -0.4 is 16.0 Å². The predicted molar refractivity (Wildman–Crippen MR) is 124 cm³/mol. The van der Waals surface area contributed by atoms with Crippen molar-refractivity contribution in [1.82, 2.24) is 16.0 Å². The SMILES string of the molecule is CCNC(=NCCc1cccc(C(=O)NC)c1)NC1CCC(CC)CC1.I. The molecule has 0 spiro atoms. The summed E-state index contributed by atoms with van der Waals surface area (Å²) in [4.78, 5) is 16.5. The van der Waals surface area contributed by atoms with Gasteiger partial charge in [0, 0.05) is 31.7 Å². The van der Waals surface area contributed by atoms with Gasteiger partial charge in [-0.2, -0.15) is 0 Å². The zero-order valence-electron chi connectivity index (χ0n) is 16.9. The van der Waals surface area contributed by atoms with Crippen LogP contribution >= 0.6 is 24.0 Å². The summed E-state index contributed by atoms with van der Waals surface area (Å²) in [5.74, 6) is 1.77. The molecule has 1 amide bonds. The molecule has 5 nitrogen and oxygen atoms in total. The minimum absolute atomic E-state index is 0. The van der Waals surface area contributed by atoms with Crippen LogP contribution in [0.4, 0.5) is 0 Å². The minimum atomic E-state index is -0.0481. The summed E-state index contributed by atoms with van der Waals surface area (Å²) in [6.45, 7) is 5.96. The van der Waals surface area contributed by atoms with Gasteiger partial charge in [0.05, 0.1) is 0 Å². The van der Waals surface area contributed by atoms with Gasteiger partial charge in [-0.25, -0.2) is 0 Å². The maximum atomic E-state index is 11.7. The number of halogens is 1. The van der Waals surface area contributed by atoms with E-state index in [9.17, 15) is 4.79 Å². The molecule has 1 aromatic rings. The second-order valence-electron chi connectivity index (χ2n) is 7.06. The standard InChI is InChI=1S/C21H34N4O.HI/c1-4-16-9-11-19(12-10-16)25-21(23-5-2)24-14-13-17-7-6-8-18(15-17)20(26)22-3;/h6-8,15-16,19H,4-5,9-14H2,1-3H3,(H,22,26)(H2,23,24,25);1H. The van der Waals surface area contributed by atoms with E-state index in [0.717, 1.165) is 30.4 Å². The van der Waals surface area contributed by atoms with Crippen molar-refractivity contribution in [3.63, 3.8) is 0 Å². The second kappa shape index (κ2) is 13.0. The van der Waals surface area contributed by atoms with Crippen LogP contribution in [0.25, 0.3) is 0 Å². The first kappa shape index (κ1) is 23.7. The van der Waals surface area contributed by atoms with Crippen LogP contribution in [0, 0.1) is 5.92 Å². The maximum Gasteiger partial charge on any atom is 0.251 e. The zero-order chi connectivity index (χ0) is 18.8. The van der Waals surface area contributed by atoms with Gasteiger partial charge >= 0.3 is 0 Å². The molecule has 0 atom stereocenters. The van der Waals surface area contributed by atoms with Gasteiger partial charge in [0.1, 0.15) is 0 Å². The van der Waals surface area contributed by atoms with Crippen LogP contribution in [0.3, 0.4) is 0 Å². The molecule has 3 N–H and O–H groups in total. The van der Waals surface area contributed by atoms with Gasteiger partial charge in [-0.15, -0.1) is 24.0 Å². The number of aliphatic imine (C=N–C) groups is 1. The molecule has 0 aromatic heterocycles. The summed E-state index contributed by atoms with van der Waals surface area (Å²) in [5, 5.41) is 9.62. The topological polar surface area (TPSA) is 65.5 Å². The Morgan fingerprint density at radius 2 is 1.93 bits per heavy atom. The third kappa shape index (κ3) is 8.07. The first-order chi connectivity index (χ1) is 12.7. The predicted octanol–water partition coefficient (Wildman–Crippen LogP) is 3.73. The number of rotatable bonds is 7. The normalized spacial score (nSPS) is 19.7. The van der Waals surface area contributed by atoms with E-state index < -0.39 is 0 Å². The molecule has 2 rings (SSSR count). The Bertz CT molecular complexity index is 598. The van der Waals surface area contributed by atoms with E-state index in [-0.39, 0.29) is 29.9 Å². The van der Waals surface area contributed by atoms with Gasteiger partial charge in [-0.05, 0) is 62.6 Å². The number of guanidine groups is 1. The lowest BCUT2D eigenvalue weighted by molar-refractivity contribution is 0.0963. The van der Waals surface area contributed by atoms with Crippen LogP contribution in [0.5, 0.6) is 0 Å². The highest BCUT2D eigenvalue weighted by atomic mass is 127. The Balaban J connectivity index is 0.00000364. The maximum absolute atomic E-state index is 11.7. The fraction of sp³-hybridized carbons (Fsp3) is 0.619. The molecular weight excluding hydrogens is 451 g/mol. The summed E-state index contributed by atoms with van der Waals surface area (Å²) in [6, 6.07) is 8.30. The lowest BCUT2D eigenvalue weighted by Gasteiger charge is -2.29. The quantitative estimate of drug-likeness (QED) is 0.313. The summed E-state index contributed by atoms with van der Waals surface area (Å²) in [7, 11) is 1.65. The van der Waals surface area contributed by atoms with Crippen molar-refractivity contribution < 1.29 is 4.79 Å². The summed E-state index contributed by atoms with van der Waals surface area (Å²) in [5.41, 5.74) is 1.83. The van der Waals surface area contributed by atoms with Gasteiger partial charge in [0.15, 0.2) is 5.96 Å². The van der Waals surface area contributed by atoms with E-state index in [1.807, 2.05) is 24.3 Å². The molecule has 1 aromatic carbocycles. The highest BCUT2D eigenvalue weighted by Crippen LogP contribution is 2.26. The minimum Gasteiger partial charge on any atom is -0.357 e. The van der Waals surface area contributed by atoms with Gasteiger partial charge < -0.3 is 16.0 Å². The second-order valence-corrected chi connectivity index (χ2v) is 7.06. The van der Waals surface area contributed by atoms with Crippen LogP contribution in [0.2, 0.25) is 0 Å². The van der Waals surface area contributed by atoms with Gasteiger partial charge in [-0.3, -0.25) is 9.79 Å². The van der Waals surface area contributed by atoms with Crippen molar-refractivity contribution >= 4 is 35.8 Å². The van der Waals surface area contributed by atoms with E-state index >= 15 is 0 Å². The van der Waals surface area contributed by atoms with E-state index in [1.54, 1.807) is 7.05 Å². The van der Waals surface area contributed by atoms with Crippen LogP contribution in [0.15, 0.2) is 29.3 Å². The van der Waals surface area contributed by atoms with Crippen LogP contribution in [-0.4, -0.2) is 38.0 Å². The fourth-order valence-corrected chi connectivity index (χ4v) is 3.54. The lowest BCUT2D eigenvalue weighted by atomic mass is 9.84. The first-order valence-electron chi connectivity index (χ1n) is 10.0. The third-order valence-corrected chi connectivity index (χ3v) is 5.20. The van der Waals surface area contributed by atoms with Gasteiger partial charge in [0.2, 0.25) is 0 Å². The van der Waals surface area contributed by atoms with E-state index in [1.165, 1.54) is 32.1 Å². The van der Waals surface area contributed by atoms with Gasteiger partial charge in [-0.1, -0.05) is 25.5 Å². The van der Waals surface area contributed by atoms with Crippen molar-refractivity contribution in [2.75, 3.05) is 20.1 Å². The van der Waals surface area contributed by atoms with Crippen molar-refractivity contribution in [1.29, 1.82) is 0 Å². The number of carbonyl (C=O) groups is 1. The Morgan fingerprint density at radius 3 is 2.56 bits per heavy atom. The van der Waals surface area contributed by atoms with Crippen molar-refractivity contribution in [2.24, 2.45) is 10.9 Å². The summed E-state index contributed by atoms with van der Waals surface area (Å²) in [6.07, 6.45) is 7.23. The summed E-state index contributed by atoms with van der Waals surface area (Å²) >= 11 is 0. The molecule has 6 heteroatoms. The molecule has 1 aliphatic carbocycles. The van der Waals surface area contributed by atoms with Crippen molar-refractivity contribution in [2.45, 2.75) is 58.4 Å². The van der Waals surface area contributed by atoms with Crippen molar-refractivity contribution in [3.05, 3.63) is 35.4 Å². The smallest absolute Gasteiger partial charge is 0.251 e. The number of nitrogens with zero attached hydrogens (tertiary/aromatic N) is 1. The fourth-order valence-electron chi connectivity index (χ4n) is 3.54. The molecule has 27 heavy (non-hydrogen) atoms. The van der Waals surface area contributed by atoms with E-state index in [4.69, 9.17) is 4.99 Å². The number of hydrogen-bond acceptors (Lipinski definition) is 2. The third-order valence-electron chi connectivity index (χ3n) is 5.20. The molecule has 0 heterocycles. The molecule has 0 bridgehead atoms. The number of hydrogen-bond donors (Lipinski definition) is 3. The average molecular weight is 486 g/mol. The first-order valence-corrected chi connectivity index (χ1v) is 10.0. The van der Waals surface area contributed by atoms with E-state index in [2.05, 4.69) is 29.8 Å². The van der Waals surface area contributed by atoms with Crippen molar-refractivity contribution in [3.8, 4) is 0 Å². The molecule has 0 saturated heterocycles. The Kier molecular flexibility index (Phi) is 11.4. The molecule has 1 aliphatic rings. The number of carbonyl (C=O) groups excluding carboxylic acids is 1. The molecule has 0 radical (unpaired) electrons. The molecular formula is C21H35IN4O. The molecule has 0 unspecified atom stereocenters. The number of benzene rings is 1.